The first-order valence-electron chi connectivity index (χ1n) is 22.6. The number of fused-ring (bicyclic) bond motifs is 11. The molecule has 6 aromatic rings. The minimum Gasteiger partial charge on any atom is -0.457 e. The molecule has 0 amide bonds. The monoisotopic (exact) mass is 769 g/mol. The summed E-state index contributed by atoms with van der Waals surface area (Å²) in [5.41, 5.74) is 18.4. The zero-order valence-electron chi connectivity index (χ0n) is 35.5. The molecule has 6 unspecified atom stereocenters. The van der Waals surface area contributed by atoms with Crippen LogP contribution in [-0.2, 0) is 21.7 Å². The van der Waals surface area contributed by atoms with Crippen molar-refractivity contribution in [1.29, 1.82) is 0 Å². The fraction of sp³-hybridized carbons (Fsp3) is 0.368. The average Bonchev–Trinajstić information content (AvgIpc) is 3.85. The molecule has 6 aromatic carbocycles. The number of ether oxygens (including phenoxy) is 1. The predicted molar refractivity (Wildman–Crippen MR) is 242 cm³/mol. The van der Waals surface area contributed by atoms with Crippen LogP contribution in [0.1, 0.15) is 113 Å². The van der Waals surface area contributed by atoms with Crippen molar-refractivity contribution in [3.05, 3.63) is 161 Å². The van der Waals surface area contributed by atoms with Crippen LogP contribution in [0.4, 0.5) is 17.1 Å². The van der Waals surface area contributed by atoms with Gasteiger partial charge in [0, 0.05) is 39.0 Å². The lowest BCUT2D eigenvalue weighted by Crippen LogP contribution is -2.74. The maximum absolute atomic E-state index is 7.07. The van der Waals surface area contributed by atoms with E-state index in [1.54, 1.807) is 0 Å². The molecule has 2 spiro atoms. The van der Waals surface area contributed by atoms with Gasteiger partial charge >= 0.3 is 0 Å². The maximum atomic E-state index is 7.07. The summed E-state index contributed by atoms with van der Waals surface area (Å²) < 4.78 is 7.07. The SMILES string of the molecule is CC1(C)CCC(C)(C)c2cc(N(c3ccc4c(c3)C(C)(C)c3ccccc3-4)c3ccc4c(c3)C3(c5cc(-c6ccccc6)ccc5O4)C4CC5CC6CC3C64C5)ccc21. The van der Waals surface area contributed by atoms with Crippen molar-refractivity contribution in [3.8, 4) is 33.8 Å². The summed E-state index contributed by atoms with van der Waals surface area (Å²) in [6, 6.07) is 49.2. The van der Waals surface area contributed by atoms with E-state index in [0.717, 1.165) is 23.3 Å². The Kier molecular flexibility index (Phi) is 6.59. The lowest BCUT2D eigenvalue weighted by Gasteiger charge is -2.77. The average molecular weight is 770 g/mol. The summed E-state index contributed by atoms with van der Waals surface area (Å²) in [6.45, 7) is 14.6. The Morgan fingerprint density at radius 2 is 1.10 bits per heavy atom. The van der Waals surface area contributed by atoms with E-state index in [1.807, 2.05) is 0 Å². The van der Waals surface area contributed by atoms with E-state index >= 15 is 0 Å². The first-order valence-corrected chi connectivity index (χ1v) is 22.6. The van der Waals surface area contributed by atoms with Crippen LogP contribution in [0, 0.1) is 29.1 Å². The molecule has 1 heterocycles. The molecule has 1 aliphatic heterocycles. The lowest BCUT2D eigenvalue weighted by molar-refractivity contribution is -0.235. The van der Waals surface area contributed by atoms with E-state index in [4.69, 9.17) is 4.74 Å². The van der Waals surface area contributed by atoms with Crippen molar-refractivity contribution in [1.82, 2.24) is 0 Å². The Balaban J connectivity index is 1.03. The zero-order valence-corrected chi connectivity index (χ0v) is 35.5. The molecular formula is C57H55NO. The molecular weight excluding hydrogens is 715 g/mol. The van der Waals surface area contributed by atoms with Crippen molar-refractivity contribution in [2.45, 2.75) is 102 Å². The highest BCUT2D eigenvalue weighted by molar-refractivity contribution is 5.86. The van der Waals surface area contributed by atoms with Gasteiger partial charge in [0.25, 0.3) is 0 Å². The third kappa shape index (κ3) is 4.24. The lowest BCUT2D eigenvalue weighted by atomic mass is 9.26. The summed E-state index contributed by atoms with van der Waals surface area (Å²) in [6.07, 6.45) is 8.01. The Morgan fingerprint density at radius 1 is 0.492 bits per heavy atom. The smallest absolute Gasteiger partial charge is 0.131 e. The van der Waals surface area contributed by atoms with Crippen molar-refractivity contribution in [2.24, 2.45) is 29.1 Å². The van der Waals surface area contributed by atoms with E-state index in [9.17, 15) is 0 Å². The fourth-order valence-electron chi connectivity index (χ4n) is 15.1. The normalized spacial score (nSPS) is 29.5. The summed E-state index contributed by atoms with van der Waals surface area (Å²) in [5, 5.41) is 0. The van der Waals surface area contributed by atoms with E-state index in [2.05, 4.69) is 174 Å². The minimum absolute atomic E-state index is 0.0372. The number of benzene rings is 6. The second kappa shape index (κ2) is 11.2. The number of anilines is 3. The van der Waals surface area contributed by atoms with Crippen LogP contribution in [0.2, 0.25) is 0 Å². The number of rotatable bonds is 4. The summed E-state index contributed by atoms with van der Waals surface area (Å²) in [5.74, 6) is 5.26. The molecule has 2 heteroatoms. The molecule has 13 rings (SSSR count). The predicted octanol–water partition coefficient (Wildman–Crippen LogP) is 14.9. The quantitative estimate of drug-likeness (QED) is 0.177. The van der Waals surface area contributed by atoms with E-state index in [0.29, 0.717) is 17.3 Å². The second-order valence-electron chi connectivity index (χ2n) is 21.7. The molecule has 4 fully saturated rings. The largest absolute Gasteiger partial charge is 0.457 e. The van der Waals surface area contributed by atoms with Gasteiger partial charge < -0.3 is 9.64 Å². The molecule has 2 nitrogen and oxygen atoms in total. The standard InChI is InChI=1S/C57H55NO/c1-53(2)24-25-54(3,4)46-31-39(18-21-44(46)53)58(38-17-20-42-41-14-10-11-15-43(41)55(5,6)45(42)30-38)40-19-23-50-48(32-40)57(51-27-34-26-37-29-52(57)56(37,51)33-34)47-28-36(16-22-49(47)59-50)35-12-8-7-9-13-35/h7-23,28,30-32,34,37,51-52H,24-27,29,33H2,1-6H3. The maximum Gasteiger partial charge on any atom is 0.131 e. The van der Waals surface area contributed by atoms with Gasteiger partial charge in [-0.1, -0.05) is 114 Å². The van der Waals surface area contributed by atoms with Crippen LogP contribution in [0.25, 0.3) is 22.3 Å². The summed E-state index contributed by atoms with van der Waals surface area (Å²) >= 11 is 0. The highest BCUT2D eigenvalue weighted by Gasteiger charge is 2.84. The summed E-state index contributed by atoms with van der Waals surface area (Å²) in [4.78, 5) is 2.60. The summed E-state index contributed by atoms with van der Waals surface area (Å²) in [7, 11) is 0. The number of nitrogens with zero attached hydrogens (tertiary/aromatic N) is 1. The van der Waals surface area contributed by atoms with Crippen LogP contribution < -0.4 is 9.64 Å². The Hall–Kier alpha value is -5.08. The molecule has 6 atom stereocenters. The first-order chi connectivity index (χ1) is 28.4. The molecule has 0 radical (unpaired) electrons. The molecule has 59 heavy (non-hydrogen) atoms. The zero-order chi connectivity index (χ0) is 39.8. The highest BCUT2D eigenvalue weighted by atomic mass is 16.5. The van der Waals surface area contributed by atoms with Crippen LogP contribution in [0.15, 0.2) is 127 Å². The van der Waals surface area contributed by atoms with Crippen molar-refractivity contribution in [2.75, 3.05) is 4.90 Å². The van der Waals surface area contributed by atoms with Gasteiger partial charge in [-0.05, 0) is 178 Å². The molecule has 0 saturated heterocycles. The van der Waals surface area contributed by atoms with Gasteiger partial charge in [-0.2, -0.15) is 0 Å². The van der Waals surface area contributed by atoms with E-state index in [1.165, 1.54) is 111 Å². The van der Waals surface area contributed by atoms with Gasteiger partial charge in [-0.3, -0.25) is 0 Å². The van der Waals surface area contributed by atoms with Crippen LogP contribution in [0.5, 0.6) is 11.5 Å². The first kappa shape index (κ1) is 34.8. The molecule has 0 N–H and O–H groups in total. The third-order valence-electron chi connectivity index (χ3n) is 17.8. The topological polar surface area (TPSA) is 12.5 Å². The van der Waals surface area contributed by atoms with Crippen molar-refractivity contribution in [3.63, 3.8) is 0 Å². The molecule has 7 aliphatic rings. The third-order valence-corrected chi connectivity index (χ3v) is 17.8. The van der Waals surface area contributed by atoms with Gasteiger partial charge in [0.15, 0.2) is 0 Å². The second-order valence-corrected chi connectivity index (χ2v) is 21.7. The van der Waals surface area contributed by atoms with Crippen LogP contribution >= 0.6 is 0 Å². The van der Waals surface area contributed by atoms with Crippen LogP contribution in [-0.4, -0.2) is 0 Å². The molecule has 2 bridgehead atoms. The van der Waals surface area contributed by atoms with Gasteiger partial charge in [0.1, 0.15) is 11.5 Å². The molecule has 0 aromatic heterocycles. The van der Waals surface area contributed by atoms with Crippen molar-refractivity contribution >= 4 is 17.1 Å². The van der Waals surface area contributed by atoms with Gasteiger partial charge in [-0.25, -0.2) is 0 Å². The molecule has 6 aliphatic carbocycles. The Labute approximate surface area is 350 Å². The van der Waals surface area contributed by atoms with E-state index < -0.39 is 0 Å². The molecule has 294 valence electrons. The van der Waals surface area contributed by atoms with Crippen LogP contribution in [0.3, 0.4) is 0 Å². The van der Waals surface area contributed by atoms with Gasteiger partial charge in [-0.15, -0.1) is 0 Å². The molecule has 4 saturated carbocycles. The number of hydrogen-bond acceptors (Lipinski definition) is 2. The van der Waals surface area contributed by atoms with E-state index in [-0.39, 0.29) is 21.7 Å². The van der Waals surface area contributed by atoms with Gasteiger partial charge in [0.05, 0.1) is 0 Å². The van der Waals surface area contributed by atoms with Gasteiger partial charge in [0.2, 0.25) is 0 Å². The Bertz CT molecular complexity index is 2790. The number of hydrogen-bond donors (Lipinski definition) is 0. The minimum atomic E-state index is -0.0911. The van der Waals surface area contributed by atoms with Crippen molar-refractivity contribution < 1.29 is 4.74 Å². The Morgan fingerprint density at radius 3 is 1.88 bits per heavy atom. The highest BCUT2D eigenvalue weighted by Crippen LogP contribution is 2.89. The fourth-order valence-corrected chi connectivity index (χ4v) is 15.1.